The minimum atomic E-state index is -3.76. The van der Waals surface area contributed by atoms with E-state index in [1.165, 1.54) is 10.6 Å². The number of nitrogens with one attached hydrogen (secondary N) is 1. The van der Waals surface area contributed by atoms with Crippen LogP contribution in [-0.2, 0) is 23.0 Å². The van der Waals surface area contributed by atoms with Crippen LogP contribution in [0.25, 0.3) is 22.4 Å². The van der Waals surface area contributed by atoms with Gasteiger partial charge in [0.25, 0.3) is 5.56 Å². The number of fused-ring (bicyclic) bond motifs is 1. The number of nitrogens with zero attached hydrogens (tertiary/aromatic N) is 7. The SMILES string of the molecule is CCCOc1ccc(S(=O)(=O)N2CCN(CC)CC2)cc1-c1nc2c(CCC)n(Cc3ccncn3)nc2c(=O)[nH]1. The van der Waals surface area contributed by atoms with Crippen molar-refractivity contribution >= 4 is 21.1 Å². The van der Waals surface area contributed by atoms with Gasteiger partial charge in [-0.1, -0.05) is 27.2 Å². The molecule has 0 amide bonds. The largest absolute Gasteiger partial charge is 0.493 e. The normalized spacial score (nSPS) is 15.0. The number of benzene rings is 1. The van der Waals surface area contributed by atoms with Crippen molar-refractivity contribution in [1.82, 2.24) is 38.9 Å². The van der Waals surface area contributed by atoms with Gasteiger partial charge in [-0.3, -0.25) is 9.48 Å². The Morgan fingerprint density at radius 3 is 2.51 bits per heavy atom. The lowest BCUT2D eigenvalue weighted by molar-refractivity contribution is 0.196. The molecule has 5 rings (SSSR count). The van der Waals surface area contributed by atoms with Crippen LogP contribution in [0.4, 0.5) is 0 Å². The van der Waals surface area contributed by atoms with E-state index in [0.29, 0.717) is 62.6 Å². The summed E-state index contributed by atoms with van der Waals surface area (Å²) in [5, 5.41) is 4.58. The maximum atomic E-state index is 13.6. The van der Waals surface area contributed by atoms with Crippen LogP contribution in [0.3, 0.4) is 0 Å². The summed E-state index contributed by atoms with van der Waals surface area (Å²) in [6.07, 6.45) is 5.37. The lowest BCUT2D eigenvalue weighted by Gasteiger charge is -2.33. The predicted molar refractivity (Wildman–Crippen MR) is 155 cm³/mol. The molecule has 3 aromatic heterocycles. The van der Waals surface area contributed by atoms with Gasteiger partial charge < -0.3 is 14.6 Å². The average molecular weight is 581 g/mol. The van der Waals surface area contributed by atoms with Crippen LogP contribution >= 0.6 is 0 Å². The van der Waals surface area contributed by atoms with Crippen molar-refractivity contribution in [1.29, 1.82) is 0 Å². The van der Waals surface area contributed by atoms with E-state index >= 15 is 0 Å². The number of piperazine rings is 1. The summed E-state index contributed by atoms with van der Waals surface area (Å²) in [4.78, 5) is 31.6. The highest BCUT2D eigenvalue weighted by Gasteiger charge is 2.29. The first-order valence-electron chi connectivity index (χ1n) is 14.1. The minimum absolute atomic E-state index is 0.136. The zero-order valence-corrected chi connectivity index (χ0v) is 24.5. The highest BCUT2D eigenvalue weighted by molar-refractivity contribution is 7.89. The lowest BCUT2D eigenvalue weighted by atomic mass is 10.1. The molecule has 0 atom stereocenters. The predicted octanol–water partition coefficient (Wildman–Crippen LogP) is 2.69. The van der Waals surface area contributed by atoms with E-state index in [-0.39, 0.29) is 16.2 Å². The Bertz CT molecular complexity index is 1660. The van der Waals surface area contributed by atoms with Crippen LogP contribution in [0.15, 0.2) is 46.5 Å². The second kappa shape index (κ2) is 12.5. The second-order valence-electron chi connectivity index (χ2n) is 10.0. The minimum Gasteiger partial charge on any atom is -0.493 e. The molecule has 218 valence electrons. The Hall–Kier alpha value is -3.68. The van der Waals surface area contributed by atoms with Crippen LogP contribution in [0.2, 0.25) is 0 Å². The number of rotatable bonds is 11. The Labute approximate surface area is 239 Å². The summed E-state index contributed by atoms with van der Waals surface area (Å²) in [5.41, 5.74) is 2.27. The molecule has 12 nitrogen and oxygen atoms in total. The topological polar surface area (TPSA) is 139 Å². The molecule has 1 saturated heterocycles. The summed E-state index contributed by atoms with van der Waals surface area (Å²) < 4.78 is 36.5. The number of aryl methyl sites for hydroxylation is 1. The van der Waals surface area contributed by atoms with E-state index in [4.69, 9.17) is 9.72 Å². The number of likely N-dealkylation sites (N-methyl/N-ethyl adjacent to an activating group) is 1. The van der Waals surface area contributed by atoms with Crippen LogP contribution < -0.4 is 10.3 Å². The maximum Gasteiger partial charge on any atom is 0.279 e. The number of ether oxygens (including phenoxy) is 1. The van der Waals surface area contributed by atoms with Gasteiger partial charge in [0.15, 0.2) is 5.52 Å². The molecule has 4 heterocycles. The van der Waals surface area contributed by atoms with Gasteiger partial charge >= 0.3 is 0 Å². The monoisotopic (exact) mass is 580 g/mol. The summed E-state index contributed by atoms with van der Waals surface area (Å²) in [5.74, 6) is 0.690. The molecule has 1 aromatic carbocycles. The first-order valence-corrected chi connectivity index (χ1v) is 15.5. The van der Waals surface area contributed by atoms with E-state index in [1.807, 2.05) is 13.8 Å². The van der Waals surface area contributed by atoms with Gasteiger partial charge in [-0.25, -0.2) is 23.4 Å². The zero-order valence-electron chi connectivity index (χ0n) is 23.7. The van der Waals surface area contributed by atoms with Crippen LogP contribution in [0.1, 0.15) is 45.0 Å². The molecule has 13 heteroatoms. The van der Waals surface area contributed by atoms with Gasteiger partial charge in [-0.15, -0.1) is 0 Å². The van der Waals surface area contributed by atoms with Crippen LogP contribution in [-0.4, -0.2) is 86.7 Å². The lowest BCUT2D eigenvalue weighted by Crippen LogP contribution is -2.48. The molecule has 4 aromatic rings. The molecule has 0 spiro atoms. The third kappa shape index (κ3) is 6.02. The fourth-order valence-electron chi connectivity index (χ4n) is 5.00. The van der Waals surface area contributed by atoms with E-state index < -0.39 is 15.6 Å². The van der Waals surface area contributed by atoms with Crippen molar-refractivity contribution in [3.8, 4) is 17.1 Å². The average Bonchev–Trinajstić information content (AvgIpc) is 3.33. The van der Waals surface area contributed by atoms with E-state index in [1.54, 1.807) is 35.1 Å². The van der Waals surface area contributed by atoms with Crippen molar-refractivity contribution < 1.29 is 13.2 Å². The Morgan fingerprint density at radius 2 is 1.83 bits per heavy atom. The van der Waals surface area contributed by atoms with Crippen molar-refractivity contribution in [3.05, 3.63) is 58.5 Å². The third-order valence-electron chi connectivity index (χ3n) is 7.23. The highest BCUT2D eigenvalue weighted by atomic mass is 32.2. The third-order valence-corrected chi connectivity index (χ3v) is 9.12. The van der Waals surface area contributed by atoms with E-state index in [2.05, 4.69) is 31.9 Å². The molecular weight excluding hydrogens is 544 g/mol. The number of aromatic nitrogens is 6. The molecule has 0 saturated carbocycles. The second-order valence-corrected chi connectivity index (χ2v) is 11.9. The van der Waals surface area contributed by atoms with Gasteiger partial charge in [0.1, 0.15) is 23.4 Å². The molecule has 1 fully saturated rings. The number of hydrogen-bond acceptors (Lipinski definition) is 9. The molecule has 0 unspecified atom stereocenters. The van der Waals surface area contributed by atoms with Crippen molar-refractivity contribution in [2.24, 2.45) is 0 Å². The number of aromatic amines is 1. The van der Waals surface area contributed by atoms with E-state index in [0.717, 1.165) is 30.8 Å². The molecule has 0 bridgehead atoms. The van der Waals surface area contributed by atoms with Crippen molar-refractivity contribution in [2.45, 2.75) is 51.5 Å². The van der Waals surface area contributed by atoms with Gasteiger partial charge in [-0.05, 0) is 43.7 Å². The van der Waals surface area contributed by atoms with E-state index in [9.17, 15) is 13.2 Å². The van der Waals surface area contributed by atoms with Crippen molar-refractivity contribution in [3.63, 3.8) is 0 Å². The molecule has 0 aliphatic carbocycles. The zero-order chi connectivity index (χ0) is 29.0. The number of hydrogen-bond donors (Lipinski definition) is 1. The first kappa shape index (κ1) is 28.8. The van der Waals surface area contributed by atoms with Gasteiger partial charge in [0, 0.05) is 32.4 Å². The first-order chi connectivity index (χ1) is 19.8. The molecule has 0 radical (unpaired) electrons. The highest BCUT2D eigenvalue weighted by Crippen LogP contribution is 2.32. The Kier molecular flexibility index (Phi) is 8.76. The molecule has 41 heavy (non-hydrogen) atoms. The van der Waals surface area contributed by atoms with Gasteiger partial charge in [0.2, 0.25) is 10.0 Å². The number of sulfonamides is 1. The molecule has 1 aliphatic rings. The standard InChI is InChI=1S/C28H36N8O4S/c1-4-7-23-25-26(33-36(23)18-20-10-11-29-19-30-20)28(37)32-27(31-25)22-17-21(8-9-24(22)40-16-5-2)41(38,39)35-14-12-34(6-3)13-15-35/h8-11,17,19H,4-7,12-16,18H2,1-3H3,(H,31,32,37). The Morgan fingerprint density at radius 1 is 1.02 bits per heavy atom. The quantitative estimate of drug-likeness (QED) is 0.284. The summed E-state index contributed by atoms with van der Waals surface area (Å²) in [7, 11) is -3.76. The Balaban J connectivity index is 1.60. The van der Waals surface area contributed by atoms with Crippen LogP contribution in [0, 0.1) is 0 Å². The summed E-state index contributed by atoms with van der Waals surface area (Å²) in [6, 6.07) is 6.57. The molecule has 1 aliphatic heterocycles. The summed E-state index contributed by atoms with van der Waals surface area (Å²) in [6.45, 7) is 10.0. The van der Waals surface area contributed by atoms with Gasteiger partial charge in [-0.2, -0.15) is 9.40 Å². The molecule has 1 N–H and O–H groups in total. The maximum absolute atomic E-state index is 13.6. The number of H-pyrrole nitrogens is 1. The van der Waals surface area contributed by atoms with Gasteiger partial charge in [0.05, 0.1) is 35.0 Å². The smallest absolute Gasteiger partial charge is 0.279 e. The fraction of sp³-hybridized carbons (Fsp3) is 0.464. The van der Waals surface area contributed by atoms with Crippen molar-refractivity contribution in [2.75, 3.05) is 39.3 Å². The molecular formula is C28H36N8O4S. The fourth-order valence-corrected chi connectivity index (χ4v) is 6.45. The summed E-state index contributed by atoms with van der Waals surface area (Å²) >= 11 is 0. The van der Waals surface area contributed by atoms with Crippen LogP contribution in [0.5, 0.6) is 5.75 Å².